The molecule has 0 aliphatic rings. The summed E-state index contributed by atoms with van der Waals surface area (Å²) >= 11 is 5.86. The van der Waals surface area contributed by atoms with Gasteiger partial charge in [0.15, 0.2) is 5.52 Å². The van der Waals surface area contributed by atoms with Crippen LogP contribution >= 0.6 is 11.6 Å². The lowest BCUT2D eigenvalue weighted by Crippen LogP contribution is -2.42. The fraction of sp³-hybridized carbons (Fsp3) is 0.0952. The van der Waals surface area contributed by atoms with E-state index in [0.717, 1.165) is 4.57 Å². The van der Waals surface area contributed by atoms with E-state index in [1.807, 2.05) is 0 Å². The number of anilines is 1. The Morgan fingerprint density at radius 3 is 2.50 bits per heavy atom. The van der Waals surface area contributed by atoms with E-state index in [0.29, 0.717) is 21.8 Å². The Kier molecular flexibility index (Phi) is 5.40. The number of aromatic nitrogens is 4. The second kappa shape index (κ2) is 8.30. The number of halogens is 1. The molecule has 0 saturated carbocycles. The van der Waals surface area contributed by atoms with Crippen LogP contribution < -0.4 is 16.6 Å². The Morgan fingerprint density at radius 2 is 1.77 bits per heavy atom. The molecule has 0 fully saturated rings. The molecule has 8 nitrogen and oxygen atoms in total. The first-order valence-corrected chi connectivity index (χ1v) is 9.43. The van der Waals surface area contributed by atoms with Gasteiger partial charge in [-0.15, -0.1) is 0 Å². The third-order valence-electron chi connectivity index (χ3n) is 4.48. The Bertz CT molecular complexity index is 1330. The highest BCUT2D eigenvalue weighted by atomic mass is 35.5. The van der Waals surface area contributed by atoms with Gasteiger partial charge in [0, 0.05) is 29.3 Å². The molecule has 1 amide bonds. The highest BCUT2D eigenvalue weighted by molar-refractivity contribution is 6.30. The predicted molar refractivity (Wildman–Crippen MR) is 114 cm³/mol. The van der Waals surface area contributed by atoms with E-state index in [1.165, 1.54) is 10.8 Å². The number of carbonyl (C=O) groups is 1. The highest BCUT2D eigenvalue weighted by Crippen LogP contribution is 2.13. The largest absolute Gasteiger partial charge is 0.332 e. The van der Waals surface area contributed by atoms with Crippen LogP contribution in [0, 0.1) is 0 Å². The van der Waals surface area contributed by atoms with Crippen LogP contribution in [0.2, 0.25) is 5.02 Å². The smallest absolute Gasteiger partial charge is 0.325 e. The van der Waals surface area contributed by atoms with E-state index >= 15 is 0 Å². The van der Waals surface area contributed by atoms with Crippen molar-refractivity contribution in [2.75, 3.05) is 5.32 Å². The van der Waals surface area contributed by atoms with Crippen LogP contribution in [0.15, 0.2) is 76.7 Å². The number of amides is 1. The number of fused-ring (bicyclic) bond motifs is 1. The van der Waals surface area contributed by atoms with Gasteiger partial charge < -0.3 is 5.32 Å². The number of rotatable bonds is 5. The summed E-state index contributed by atoms with van der Waals surface area (Å²) in [5, 5.41) is 3.26. The Hall–Kier alpha value is -3.78. The summed E-state index contributed by atoms with van der Waals surface area (Å²) in [6.07, 6.45) is 4.65. The number of hydrogen-bond donors (Lipinski definition) is 1. The van der Waals surface area contributed by atoms with Crippen LogP contribution in [0.4, 0.5) is 5.69 Å². The Labute approximate surface area is 175 Å². The Morgan fingerprint density at radius 1 is 1.00 bits per heavy atom. The van der Waals surface area contributed by atoms with Crippen LogP contribution in [-0.4, -0.2) is 25.0 Å². The highest BCUT2D eigenvalue weighted by Gasteiger charge is 2.16. The summed E-state index contributed by atoms with van der Waals surface area (Å²) in [5.41, 5.74) is 0.513. The van der Waals surface area contributed by atoms with Gasteiger partial charge in [-0.25, -0.2) is 9.78 Å². The number of carbonyl (C=O) groups excluding carboxylic acids is 1. The van der Waals surface area contributed by atoms with Crippen LogP contribution in [0.5, 0.6) is 0 Å². The maximum absolute atomic E-state index is 13.1. The molecule has 0 aliphatic carbocycles. The lowest BCUT2D eigenvalue weighted by Gasteiger charge is -2.13. The molecule has 1 N–H and O–H groups in total. The molecule has 3 aromatic heterocycles. The molecule has 0 atom stereocenters. The van der Waals surface area contributed by atoms with E-state index in [2.05, 4.69) is 15.3 Å². The first-order chi connectivity index (χ1) is 14.5. The predicted octanol–water partition coefficient (Wildman–Crippen LogP) is 2.29. The normalized spacial score (nSPS) is 10.8. The van der Waals surface area contributed by atoms with Crippen molar-refractivity contribution in [3.63, 3.8) is 0 Å². The zero-order chi connectivity index (χ0) is 21.1. The summed E-state index contributed by atoms with van der Waals surface area (Å²) in [6, 6.07) is 13.3. The first-order valence-electron chi connectivity index (χ1n) is 9.05. The molecule has 0 spiro atoms. The van der Waals surface area contributed by atoms with Crippen molar-refractivity contribution in [3.8, 4) is 0 Å². The molecule has 9 heteroatoms. The van der Waals surface area contributed by atoms with Gasteiger partial charge in [-0.1, -0.05) is 17.7 Å². The summed E-state index contributed by atoms with van der Waals surface area (Å²) < 4.78 is 2.30. The second-order valence-electron chi connectivity index (χ2n) is 6.55. The number of nitrogens with zero attached hydrogens (tertiary/aromatic N) is 4. The summed E-state index contributed by atoms with van der Waals surface area (Å²) in [7, 11) is 0. The minimum absolute atomic E-state index is 0.0246. The number of nitrogens with one attached hydrogen (secondary N) is 1. The Balaban J connectivity index is 1.74. The minimum Gasteiger partial charge on any atom is -0.325 e. The fourth-order valence-corrected chi connectivity index (χ4v) is 3.21. The van der Waals surface area contributed by atoms with Gasteiger partial charge in [0.05, 0.1) is 12.1 Å². The van der Waals surface area contributed by atoms with E-state index in [9.17, 15) is 14.4 Å². The first kappa shape index (κ1) is 19.5. The van der Waals surface area contributed by atoms with Crippen molar-refractivity contribution in [2.45, 2.75) is 13.1 Å². The average molecular weight is 422 g/mol. The van der Waals surface area contributed by atoms with Crippen molar-refractivity contribution in [1.29, 1.82) is 0 Å². The molecular formula is C21H16ClN5O3. The minimum atomic E-state index is -0.601. The number of hydrogen-bond acceptors (Lipinski definition) is 5. The topological polar surface area (TPSA) is 98.9 Å². The molecule has 30 heavy (non-hydrogen) atoms. The van der Waals surface area contributed by atoms with Gasteiger partial charge in [0.1, 0.15) is 6.54 Å². The standard InChI is InChI=1S/C21H16ClN5O3/c22-15-5-7-16(8-6-15)25-18(28)13-26-17-4-2-10-24-19(17)20(29)27(21(26)30)12-14-3-1-9-23-11-14/h1-11H,12-13H2,(H,25,28). The molecule has 3 heterocycles. The molecule has 150 valence electrons. The van der Waals surface area contributed by atoms with E-state index in [-0.39, 0.29) is 18.6 Å². The summed E-state index contributed by atoms with van der Waals surface area (Å²) in [4.78, 5) is 46.7. The summed E-state index contributed by atoms with van der Waals surface area (Å²) in [6.45, 7) is -0.256. The van der Waals surface area contributed by atoms with E-state index < -0.39 is 17.2 Å². The van der Waals surface area contributed by atoms with Crippen molar-refractivity contribution in [1.82, 2.24) is 19.1 Å². The molecule has 0 unspecified atom stereocenters. The fourth-order valence-electron chi connectivity index (χ4n) is 3.09. The zero-order valence-corrected chi connectivity index (χ0v) is 16.4. The SMILES string of the molecule is O=C(Cn1c(=O)n(Cc2cccnc2)c(=O)c2ncccc21)Nc1ccc(Cl)cc1. The van der Waals surface area contributed by atoms with E-state index in [1.54, 1.807) is 60.9 Å². The van der Waals surface area contributed by atoms with Crippen molar-refractivity contribution >= 4 is 34.2 Å². The summed E-state index contributed by atoms with van der Waals surface area (Å²) in [5.74, 6) is -0.420. The molecule has 0 aliphatic heterocycles. The molecule has 0 radical (unpaired) electrons. The van der Waals surface area contributed by atoms with Crippen LogP contribution in [0.25, 0.3) is 11.0 Å². The maximum Gasteiger partial charge on any atom is 0.332 e. The van der Waals surface area contributed by atoms with Crippen LogP contribution in [-0.2, 0) is 17.9 Å². The molecular weight excluding hydrogens is 406 g/mol. The third-order valence-corrected chi connectivity index (χ3v) is 4.73. The number of pyridine rings is 2. The van der Waals surface area contributed by atoms with Crippen LogP contribution in [0.3, 0.4) is 0 Å². The molecule has 0 saturated heterocycles. The van der Waals surface area contributed by atoms with Crippen molar-refractivity contribution in [3.05, 3.63) is 98.5 Å². The molecule has 4 aromatic rings. The zero-order valence-electron chi connectivity index (χ0n) is 15.7. The van der Waals surface area contributed by atoms with Gasteiger partial charge >= 0.3 is 5.69 Å². The monoisotopic (exact) mass is 421 g/mol. The van der Waals surface area contributed by atoms with Crippen LogP contribution in [0.1, 0.15) is 5.56 Å². The van der Waals surface area contributed by atoms with Gasteiger partial charge in [0.2, 0.25) is 5.91 Å². The quantitative estimate of drug-likeness (QED) is 0.533. The maximum atomic E-state index is 13.1. The lowest BCUT2D eigenvalue weighted by molar-refractivity contribution is -0.116. The van der Waals surface area contributed by atoms with Crippen molar-refractivity contribution < 1.29 is 4.79 Å². The lowest BCUT2D eigenvalue weighted by atomic mass is 10.2. The van der Waals surface area contributed by atoms with Gasteiger partial charge in [0.25, 0.3) is 5.56 Å². The second-order valence-corrected chi connectivity index (χ2v) is 6.98. The van der Waals surface area contributed by atoms with Crippen molar-refractivity contribution in [2.24, 2.45) is 0 Å². The number of benzene rings is 1. The van der Waals surface area contributed by atoms with Gasteiger partial charge in [-0.3, -0.25) is 23.7 Å². The molecule has 1 aromatic carbocycles. The molecule has 4 rings (SSSR count). The average Bonchev–Trinajstić information content (AvgIpc) is 2.76. The molecule has 0 bridgehead atoms. The van der Waals surface area contributed by atoms with Gasteiger partial charge in [-0.2, -0.15) is 0 Å². The third kappa shape index (κ3) is 3.99. The van der Waals surface area contributed by atoms with E-state index in [4.69, 9.17) is 11.6 Å². The van der Waals surface area contributed by atoms with Gasteiger partial charge in [-0.05, 0) is 48.0 Å².